The van der Waals surface area contributed by atoms with E-state index in [1.165, 1.54) is 65.5 Å². The molecular formula is C52H35N3. The number of fused-ring (bicyclic) bond motifs is 10. The highest BCUT2D eigenvalue weighted by Crippen LogP contribution is 2.47. The van der Waals surface area contributed by atoms with Crippen LogP contribution >= 0.6 is 0 Å². The van der Waals surface area contributed by atoms with Gasteiger partial charge >= 0.3 is 0 Å². The monoisotopic (exact) mass is 701 g/mol. The van der Waals surface area contributed by atoms with Gasteiger partial charge in [0.05, 0.1) is 22.1 Å². The van der Waals surface area contributed by atoms with Gasteiger partial charge in [-0.2, -0.15) is 0 Å². The van der Waals surface area contributed by atoms with Crippen LogP contribution in [0.15, 0.2) is 212 Å². The average Bonchev–Trinajstić information content (AvgIpc) is 3.79. The topological polar surface area (TPSA) is 13.1 Å². The van der Waals surface area contributed by atoms with Crippen LogP contribution in [0.1, 0.15) is 0 Å². The van der Waals surface area contributed by atoms with Crippen LogP contribution in [0.2, 0.25) is 0 Å². The summed E-state index contributed by atoms with van der Waals surface area (Å²) in [6.07, 6.45) is 0. The summed E-state index contributed by atoms with van der Waals surface area (Å²) in [5.74, 6) is 0. The normalized spacial score (nSPS) is 11.6. The minimum absolute atomic E-state index is 1.12. The number of aromatic nitrogens is 2. The van der Waals surface area contributed by atoms with Crippen molar-refractivity contribution in [3.63, 3.8) is 0 Å². The third-order valence-corrected chi connectivity index (χ3v) is 11.0. The number of rotatable bonds is 6. The molecule has 2 aromatic heterocycles. The maximum absolute atomic E-state index is 2.49. The van der Waals surface area contributed by atoms with E-state index in [2.05, 4.69) is 226 Å². The van der Waals surface area contributed by atoms with Crippen molar-refractivity contribution < 1.29 is 0 Å². The molecule has 55 heavy (non-hydrogen) atoms. The van der Waals surface area contributed by atoms with Gasteiger partial charge in [-0.25, -0.2) is 0 Å². The van der Waals surface area contributed by atoms with Crippen molar-refractivity contribution in [2.75, 3.05) is 4.90 Å². The van der Waals surface area contributed by atoms with Gasteiger partial charge < -0.3 is 14.0 Å². The van der Waals surface area contributed by atoms with Crippen molar-refractivity contribution >= 4 is 71.4 Å². The zero-order chi connectivity index (χ0) is 36.3. The third-order valence-electron chi connectivity index (χ3n) is 11.0. The summed E-state index contributed by atoms with van der Waals surface area (Å²) >= 11 is 0. The molecule has 0 atom stereocenters. The SMILES string of the molecule is c1ccc(N(c2ccccc2)c2cccc(-c3ccc(-n4c5ccccc5c5c6ccccc6c6c(c7ccccc7n6-c6ccccc6)c54)cc3)c2)cc1. The summed E-state index contributed by atoms with van der Waals surface area (Å²) < 4.78 is 4.95. The highest BCUT2D eigenvalue weighted by atomic mass is 15.1. The molecule has 0 aliphatic heterocycles. The fourth-order valence-electron chi connectivity index (χ4n) is 8.73. The van der Waals surface area contributed by atoms with Crippen molar-refractivity contribution in [1.82, 2.24) is 9.13 Å². The Bertz CT molecular complexity index is 3140. The number of anilines is 3. The van der Waals surface area contributed by atoms with Crippen LogP contribution in [0.5, 0.6) is 0 Å². The summed E-state index contributed by atoms with van der Waals surface area (Å²) in [6.45, 7) is 0. The summed E-state index contributed by atoms with van der Waals surface area (Å²) in [5.41, 5.74) is 12.9. The molecule has 11 aromatic rings. The van der Waals surface area contributed by atoms with E-state index in [9.17, 15) is 0 Å². The van der Waals surface area contributed by atoms with E-state index >= 15 is 0 Å². The molecule has 0 aliphatic rings. The zero-order valence-corrected chi connectivity index (χ0v) is 30.0. The Balaban J connectivity index is 1.14. The largest absolute Gasteiger partial charge is 0.310 e. The smallest absolute Gasteiger partial charge is 0.0647 e. The van der Waals surface area contributed by atoms with E-state index in [4.69, 9.17) is 0 Å². The first-order valence-corrected chi connectivity index (χ1v) is 18.9. The second-order valence-corrected chi connectivity index (χ2v) is 14.1. The van der Waals surface area contributed by atoms with Crippen LogP contribution < -0.4 is 4.90 Å². The van der Waals surface area contributed by atoms with Crippen LogP contribution in [-0.4, -0.2) is 9.13 Å². The lowest BCUT2D eigenvalue weighted by Crippen LogP contribution is -2.09. The maximum Gasteiger partial charge on any atom is 0.0647 e. The number of nitrogens with zero attached hydrogens (tertiary/aromatic N) is 3. The molecule has 0 saturated carbocycles. The van der Waals surface area contributed by atoms with Gasteiger partial charge in [-0.05, 0) is 89.3 Å². The highest BCUT2D eigenvalue weighted by molar-refractivity contribution is 6.36. The Hall–Kier alpha value is -7.36. The van der Waals surface area contributed by atoms with E-state index in [1.807, 2.05) is 0 Å². The molecule has 0 fully saturated rings. The van der Waals surface area contributed by atoms with E-state index in [0.29, 0.717) is 0 Å². The minimum atomic E-state index is 1.12. The molecule has 11 rings (SSSR count). The Morgan fingerprint density at radius 1 is 0.291 bits per heavy atom. The molecule has 0 bridgehead atoms. The Labute approximate surface area is 319 Å². The average molecular weight is 702 g/mol. The molecule has 258 valence electrons. The van der Waals surface area contributed by atoms with Gasteiger partial charge in [0.25, 0.3) is 0 Å². The first-order chi connectivity index (χ1) is 27.3. The molecule has 0 radical (unpaired) electrons. The van der Waals surface area contributed by atoms with Gasteiger partial charge in [-0.1, -0.05) is 140 Å². The fraction of sp³-hybridized carbons (Fsp3) is 0. The standard InChI is InChI=1S/C52H35N3/c1-4-18-38(19-5-1)53(39-20-6-2-7-21-39)42-24-16-17-37(35-42)36-31-33-41(34-32-36)55-47-29-14-12-27-45(47)49-43-25-10-11-26-44(43)51-50(52(49)55)46-28-13-15-30-48(46)54(51)40-22-8-3-9-23-40/h1-35H. The first kappa shape index (κ1) is 31.2. The molecule has 3 heteroatoms. The Kier molecular flexibility index (Phi) is 7.17. The van der Waals surface area contributed by atoms with Crippen molar-refractivity contribution in [2.24, 2.45) is 0 Å². The fourth-order valence-corrected chi connectivity index (χ4v) is 8.73. The summed E-state index contributed by atoms with van der Waals surface area (Å²) in [7, 11) is 0. The maximum atomic E-state index is 2.49. The molecule has 0 aliphatic carbocycles. The Morgan fingerprint density at radius 3 is 1.40 bits per heavy atom. The van der Waals surface area contributed by atoms with E-state index in [-0.39, 0.29) is 0 Å². The summed E-state index contributed by atoms with van der Waals surface area (Å²) in [4.78, 5) is 2.32. The highest BCUT2D eigenvalue weighted by Gasteiger charge is 2.24. The number of benzene rings is 9. The van der Waals surface area contributed by atoms with Gasteiger partial charge in [0, 0.05) is 55.4 Å². The molecule has 2 heterocycles. The Morgan fingerprint density at radius 2 is 0.764 bits per heavy atom. The van der Waals surface area contributed by atoms with E-state index < -0.39 is 0 Å². The van der Waals surface area contributed by atoms with Crippen molar-refractivity contribution in [3.8, 4) is 22.5 Å². The number of hydrogen-bond donors (Lipinski definition) is 0. The molecule has 0 amide bonds. The lowest BCUT2D eigenvalue weighted by atomic mass is 9.99. The second-order valence-electron chi connectivity index (χ2n) is 14.1. The van der Waals surface area contributed by atoms with Crippen molar-refractivity contribution in [2.45, 2.75) is 0 Å². The first-order valence-electron chi connectivity index (χ1n) is 18.9. The summed E-state index contributed by atoms with van der Waals surface area (Å²) in [6, 6.07) is 76.6. The van der Waals surface area contributed by atoms with E-state index in [0.717, 1.165) is 28.4 Å². The van der Waals surface area contributed by atoms with Gasteiger partial charge in [0.15, 0.2) is 0 Å². The van der Waals surface area contributed by atoms with E-state index in [1.54, 1.807) is 0 Å². The van der Waals surface area contributed by atoms with Crippen molar-refractivity contribution in [3.05, 3.63) is 212 Å². The predicted octanol–water partition coefficient (Wildman–Crippen LogP) is 14.2. The molecule has 0 saturated heterocycles. The zero-order valence-electron chi connectivity index (χ0n) is 30.0. The lowest BCUT2D eigenvalue weighted by Gasteiger charge is -2.26. The molecular weight excluding hydrogens is 667 g/mol. The van der Waals surface area contributed by atoms with Crippen LogP contribution in [0.25, 0.3) is 76.9 Å². The number of para-hydroxylation sites is 5. The second kappa shape index (κ2) is 12.6. The molecule has 0 unspecified atom stereocenters. The van der Waals surface area contributed by atoms with Gasteiger partial charge in [0.1, 0.15) is 0 Å². The molecule has 0 spiro atoms. The van der Waals surface area contributed by atoms with Crippen LogP contribution in [0.3, 0.4) is 0 Å². The van der Waals surface area contributed by atoms with Crippen LogP contribution in [0, 0.1) is 0 Å². The molecule has 0 N–H and O–H groups in total. The van der Waals surface area contributed by atoms with Gasteiger partial charge in [-0.3, -0.25) is 0 Å². The van der Waals surface area contributed by atoms with Gasteiger partial charge in [0.2, 0.25) is 0 Å². The van der Waals surface area contributed by atoms with Crippen molar-refractivity contribution in [1.29, 1.82) is 0 Å². The van der Waals surface area contributed by atoms with Crippen LogP contribution in [-0.2, 0) is 0 Å². The quantitative estimate of drug-likeness (QED) is 0.168. The number of hydrogen-bond acceptors (Lipinski definition) is 1. The molecule has 3 nitrogen and oxygen atoms in total. The van der Waals surface area contributed by atoms with Gasteiger partial charge in [-0.15, -0.1) is 0 Å². The minimum Gasteiger partial charge on any atom is -0.310 e. The predicted molar refractivity (Wildman–Crippen MR) is 233 cm³/mol. The summed E-state index contributed by atoms with van der Waals surface area (Å²) in [5, 5.41) is 7.57. The molecule has 9 aromatic carbocycles. The third kappa shape index (κ3) is 4.91. The lowest BCUT2D eigenvalue weighted by molar-refractivity contribution is 1.18. The van der Waals surface area contributed by atoms with Crippen LogP contribution in [0.4, 0.5) is 17.1 Å².